The Morgan fingerprint density at radius 3 is 2.29 bits per heavy atom. The molecule has 7 heteroatoms. The number of aryl methyl sites for hydroxylation is 2. The Kier molecular flexibility index (Phi) is 7.07. The molecule has 1 amide bonds. The third-order valence-electron chi connectivity index (χ3n) is 4.74. The van der Waals surface area contributed by atoms with Crippen LogP contribution in [0.5, 0.6) is 5.75 Å². The van der Waals surface area contributed by atoms with E-state index in [0.717, 1.165) is 18.2 Å². The number of carbonyl (C=O) groups is 1. The highest BCUT2D eigenvalue weighted by atomic mass is 32.2. The summed E-state index contributed by atoms with van der Waals surface area (Å²) in [5.41, 5.74) is 4.02. The van der Waals surface area contributed by atoms with Crippen molar-refractivity contribution in [3.8, 4) is 5.75 Å². The number of nitrogens with one attached hydrogen (secondary N) is 1. The quantitative estimate of drug-likeness (QED) is 0.732. The molecule has 0 radical (unpaired) electrons. The number of sulfonamides is 1. The van der Waals surface area contributed by atoms with Crippen LogP contribution in [0.3, 0.4) is 0 Å². The highest BCUT2D eigenvalue weighted by Crippen LogP contribution is 2.21. The fraction of sp³-hybridized carbons (Fsp3) is 0.381. The highest BCUT2D eigenvalue weighted by molar-refractivity contribution is 7.92. The number of carbonyl (C=O) groups excluding carboxylic acids is 1. The normalized spacial score (nSPS) is 12.3. The lowest BCUT2D eigenvalue weighted by molar-refractivity contribution is -0.123. The van der Waals surface area contributed by atoms with E-state index in [4.69, 9.17) is 4.74 Å². The van der Waals surface area contributed by atoms with E-state index >= 15 is 0 Å². The first-order valence-electron chi connectivity index (χ1n) is 9.15. The van der Waals surface area contributed by atoms with E-state index in [-0.39, 0.29) is 18.6 Å². The van der Waals surface area contributed by atoms with Gasteiger partial charge in [0.25, 0.3) is 5.91 Å². The van der Waals surface area contributed by atoms with Crippen molar-refractivity contribution < 1.29 is 17.9 Å². The van der Waals surface area contributed by atoms with Gasteiger partial charge in [-0.1, -0.05) is 25.1 Å². The van der Waals surface area contributed by atoms with Crippen LogP contribution in [-0.2, 0) is 14.8 Å². The molecule has 0 fully saturated rings. The molecule has 1 atom stereocenters. The smallest absolute Gasteiger partial charge is 0.258 e. The van der Waals surface area contributed by atoms with E-state index in [1.54, 1.807) is 24.3 Å². The SMILES string of the molecule is CC[C@H](NC(=O)COc1ccc(N(C)S(C)(=O)=O)cc1)c1ccc(C)c(C)c1. The maximum atomic E-state index is 12.3. The van der Waals surface area contributed by atoms with Gasteiger partial charge in [-0.15, -0.1) is 0 Å². The number of rotatable bonds is 8. The first-order valence-corrected chi connectivity index (χ1v) is 11.0. The summed E-state index contributed by atoms with van der Waals surface area (Å²) in [5.74, 6) is 0.294. The Labute approximate surface area is 167 Å². The van der Waals surface area contributed by atoms with Gasteiger partial charge in [0, 0.05) is 7.05 Å². The van der Waals surface area contributed by atoms with Crippen molar-refractivity contribution in [2.24, 2.45) is 0 Å². The van der Waals surface area contributed by atoms with E-state index in [1.165, 1.54) is 22.5 Å². The zero-order chi connectivity index (χ0) is 20.9. The van der Waals surface area contributed by atoms with Crippen LogP contribution in [0.2, 0.25) is 0 Å². The lowest BCUT2D eigenvalue weighted by atomic mass is 9.99. The summed E-state index contributed by atoms with van der Waals surface area (Å²) in [4.78, 5) is 12.3. The Balaban J connectivity index is 1.95. The molecule has 28 heavy (non-hydrogen) atoms. The molecule has 152 valence electrons. The molecule has 2 aromatic rings. The van der Waals surface area contributed by atoms with Gasteiger partial charge in [-0.2, -0.15) is 0 Å². The van der Waals surface area contributed by atoms with Gasteiger partial charge in [-0.25, -0.2) is 8.42 Å². The van der Waals surface area contributed by atoms with Crippen LogP contribution >= 0.6 is 0 Å². The van der Waals surface area contributed by atoms with E-state index < -0.39 is 10.0 Å². The molecule has 2 aromatic carbocycles. The van der Waals surface area contributed by atoms with Gasteiger partial charge in [0.1, 0.15) is 5.75 Å². The van der Waals surface area contributed by atoms with Crippen LogP contribution < -0.4 is 14.4 Å². The fourth-order valence-corrected chi connectivity index (χ4v) is 3.24. The average Bonchev–Trinajstić information content (AvgIpc) is 2.65. The van der Waals surface area contributed by atoms with Gasteiger partial charge in [-0.3, -0.25) is 9.10 Å². The minimum atomic E-state index is -3.31. The van der Waals surface area contributed by atoms with Crippen molar-refractivity contribution in [1.29, 1.82) is 0 Å². The molecule has 2 rings (SSSR count). The Bertz CT molecular complexity index is 924. The largest absolute Gasteiger partial charge is 0.484 e. The maximum Gasteiger partial charge on any atom is 0.258 e. The van der Waals surface area contributed by atoms with Crippen molar-refractivity contribution in [1.82, 2.24) is 5.32 Å². The zero-order valence-electron chi connectivity index (χ0n) is 17.0. The predicted molar refractivity (Wildman–Crippen MR) is 112 cm³/mol. The van der Waals surface area contributed by atoms with Crippen LogP contribution in [0.15, 0.2) is 42.5 Å². The molecule has 0 saturated carbocycles. The lowest BCUT2D eigenvalue weighted by Gasteiger charge is -2.19. The monoisotopic (exact) mass is 404 g/mol. The standard InChI is InChI=1S/C21H28N2O4S/c1-6-20(17-8-7-15(2)16(3)13-17)22-21(24)14-27-19-11-9-18(10-12-19)23(4)28(5,25)26/h7-13,20H,6,14H2,1-5H3,(H,22,24)/t20-/m0/s1. The van der Waals surface area contributed by atoms with Crippen LogP contribution in [0, 0.1) is 13.8 Å². The van der Waals surface area contributed by atoms with Gasteiger partial charge in [0.05, 0.1) is 18.0 Å². The summed E-state index contributed by atoms with van der Waals surface area (Å²) in [7, 11) is -1.83. The summed E-state index contributed by atoms with van der Waals surface area (Å²) in [6, 6.07) is 12.7. The van der Waals surface area contributed by atoms with E-state index in [1.807, 2.05) is 13.0 Å². The van der Waals surface area contributed by atoms with Crippen molar-refractivity contribution in [2.45, 2.75) is 33.2 Å². The Morgan fingerprint density at radius 2 is 1.75 bits per heavy atom. The van der Waals surface area contributed by atoms with Gasteiger partial charge in [0.2, 0.25) is 10.0 Å². The predicted octanol–water partition coefficient (Wildman–Crippen LogP) is 3.35. The number of benzene rings is 2. The van der Waals surface area contributed by atoms with Gasteiger partial charge in [-0.05, 0) is 61.2 Å². The number of ether oxygens (including phenoxy) is 1. The maximum absolute atomic E-state index is 12.3. The van der Waals surface area contributed by atoms with Crippen molar-refractivity contribution in [3.05, 3.63) is 59.2 Å². The van der Waals surface area contributed by atoms with E-state index in [0.29, 0.717) is 11.4 Å². The summed E-state index contributed by atoms with van der Waals surface area (Å²) in [5, 5.41) is 3.00. The summed E-state index contributed by atoms with van der Waals surface area (Å²) in [6.07, 6.45) is 1.92. The Hall–Kier alpha value is -2.54. The van der Waals surface area contributed by atoms with Gasteiger partial charge in [0.15, 0.2) is 6.61 Å². The number of anilines is 1. The van der Waals surface area contributed by atoms with Gasteiger partial charge >= 0.3 is 0 Å². The van der Waals surface area contributed by atoms with Crippen LogP contribution in [0.25, 0.3) is 0 Å². The first kappa shape index (κ1) is 21.8. The van der Waals surface area contributed by atoms with E-state index in [9.17, 15) is 13.2 Å². The molecule has 0 aliphatic heterocycles. The summed E-state index contributed by atoms with van der Waals surface area (Å²) in [6.45, 7) is 6.04. The zero-order valence-corrected chi connectivity index (χ0v) is 17.8. The molecule has 0 bridgehead atoms. The molecule has 6 nitrogen and oxygen atoms in total. The number of hydrogen-bond donors (Lipinski definition) is 1. The molecule has 0 aliphatic rings. The Morgan fingerprint density at radius 1 is 1.11 bits per heavy atom. The van der Waals surface area contributed by atoms with E-state index in [2.05, 4.69) is 31.3 Å². The molecule has 0 saturated heterocycles. The number of amides is 1. The third kappa shape index (κ3) is 5.73. The minimum absolute atomic E-state index is 0.0683. The molecular formula is C21H28N2O4S. The second-order valence-corrected chi connectivity index (χ2v) is 8.90. The topological polar surface area (TPSA) is 75.7 Å². The molecule has 0 spiro atoms. The second-order valence-electron chi connectivity index (χ2n) is 6.89. The summed E-state index contributed by atoms with van der Waals surface area (Å²) < 4.78 is 29.8. The number of hydrogen-bond acceptors (Lipinski definition) is 4. The molecule has 1 N–H and O–H groups in total. The van der Waals surface area contributed by atoms with Crippen LogP contribution in [0.1, 0.15) is 36.1 Å². The van der Waals surface area contributed by atoms with Crippen molar-refractivity contribution in [2.75, 3.05) is 24.2 Å². The molecule has 0 aliphatic carbocycles. The van der Waals surface area contributed by atoms with Gasteiger partial charge < -0.3 is 10.1 Å². The highest BCUT2D eigenvalue weighted by Gasteiger charge is 2.15. The minimum Gasteiger partial charge on any atom is -0.484 e. The van der Waals surface area contributed by atoms with Crippen LogP contribution in [0.4, 0.5) is 5.69 Å². The molecule has 0 aromatic heterocycles. The summed E-state index contributed by atoms with van der Waals surface area (Å²) >= 11 is 0. The first-order chi connectivity index (χ1) is 13.1. The fourth-order valence-electron chi connectivity index (χ4n) is 2.73. The lowest BCUT2D eigenvalue weighted by Crippen LogP contribution is -2.32. The average molecular weight is 405 g/mol. The van der Waals surface area contributed by atoms with Crippen LogP contribution in [-0.4, -0.2) is 34.2 Å². The molecule has 0 unspecified atom stereocenters. The molecule has 0 heterocycles. The number of nitrogens with zero attached hydrogens (tertiary/aromatic N) is 1. The molecular weight excluding hydrogens is 376 g/mol. The van der Waals surface area contributed by atoms with Crippen molar-refractivity contribution >= 4 is 21.6 Å². The van der Waals surface area contributed by atoms with Crippen molar-refractivity contribution in [3.63, 3.8) is 0 Å². The third-order valence-corrected chi connectivity index (χ3v) is 5.95. The second kappa shape index (κ2) is 9.10.